The zero-order valence-corrected chi connectivity index (χ0v) is 10.2. The second kappa shape index (κ2) is 4.82. The molecule has 0 spiro atoms. The average Bonchev–Trinajstić information content (AvgIpc) is 2.32. The molecule has 4 nitrogen and oxygen atoms in total. The van der Waals surface area contributed by atoms with Crippen molar-refractivity contribution in [2.45, 2.75) is 12.7 Å². The maximum absolute atomic E-state index is 12.5. The first-order valence-electron chi connectivity index (χ1n) is 5.22. The highest BCUT2D eigenvalue weighted by atomic mass is 35.5. The number of aromatic nitrogens is 2. The number of aliphatic hydroxyl groups is 1. The SMILES string of the molecule is O=c1c2ccc(C(F)(F)F)cc2nc(Cl)n1CCO. The van der Waals surface area contributed by atoms with Gasteiger partial charge in [-0.3, -0.25) is 9.36 Å². The van der Waals surface area contributed by atoms with Crippen LogP contribution < -0.4 is 5.56 Å². The van der Waals surface area contributed by atoms with Gasteiger partial charge in [0.1, 0.15) is 0 Å². The van der Waals surface area contributed by atoms with Crippen molar-refractivity contribution in [2.24, 2.45) is 0 Å². The van der Waals surface area contributed by atoms with Crippen LogP contribution in [0, 0.1) is 0 Å². The first kappa shape index (κ1) is 13.8. The molecule has 1 aromatic carbocycles. The van der Waals surface area contributed by atoms with Gasteiger partial charge in [-0.2, -0.15) is 13.2 Å². The van der Waals surface area contributed by atoms with Gasteiger partial charge in [-0.15, -0.1) is 0 Å². The van der Waals surface area contributed by atoms with Crippen LogP contribution in [0.1, 0.15) is 5.56 Å². The molecule has 102 valence electrons. The van der Waals surface area contributed by atoms with Crippen LogP contribution in [0.3, 0.4) is 0 Å². The van der Waals surface area contributed by atoms with Gasteiger partial charge in [0.15, 0.2) is 0 Å². The third-order valence-electron chi connectivity index (χ3n) is 2.56. The molecule has 0 saturated heterocycles. The number of halogens is 4. The van der Waals surface area contributed by atoms with E-state index in [0.717, 1.165) is 22.8 Å². The largest absolute Gasteiger partial charge is 0.416 e. The molecule has 0 amide bonds. The summed E-state index contributed by atoms with van der Waals surface area (Å²) in [7, 11) is 0. The number of fused-ring (bicyclic) bond motifs is 1. The minimum atomic E-state index is -4.51. The van der Waals surface area contributed by atoms with E-state index in [1.807, 2.05) is 0 Å². The molecule has 0 aliphatic rings. The number of benzene rings is 1. The third kappa shape index (κ3) is 2.57. The first-order chi connectivity index (χ1) is 8.84. The fraction of sp³-hybridized carbons (Fsp3) is 0.273. The van der Waals surface area contributed by atoms with E-state index in [1.54, 1.807) is 0 Å². The van der Waals surface area contributed by atoms with E-state index in [1.165, 1.54) is 0 Å². The Morgan fingerprint density at radius 3 is 2.63 bits per heavy atom. The Bertz CT molecular complexity index is 682. The van der Waals surface area contributed by atoms with Gasteiger partial charge in [0.2, 0.25) is 5.28 Å². The summed E-state index contributed by atoms with van der Waals surface area (Å²) in [5, 5.41) is 8.56. The molecular formula is C11H8ClF3N2O2. The van der Waals surface area contributed by atoms with E-state index in [0.29, 0.717) is 0 Å². The van der Waals surface area contributed by atoms with Gasteiger partial charge < -0.3 is 5.11 Å². The van der Waals surface area contributed by atoms with Gasteiger partial charge >= 0.3 is 6.18 Å². The van der Waals surface area contributed by atoms with E-state index in [4.69, 9.17) is 16.7 Å². The highest BCUT2D eigenvalue weighted by Gasteiger charge is 2.30. The Kier molecular flexibility index (Phi) is 3.51. The molecule has 0 saturated carbocycles. The molecular weight excluding hydrogens is 285 g/mol. The predicted octanol–water partition coefficient (Wildman–Crippen LogP) is 2.06. The molecule has 0 bridgehead atoms. The summed E-state index contributed by atoms with van der Waals surface area (Å²) in [5.41, 5.74) is -1.61. The smallest absolute Gasteiger partial charge is 0.395 e. The van der Waals surface area contributed by atoms with E-state index in [2.05, 4.69) is 4.98 Å². The minimum absolute atomic E-state index is 0.0193. The number of nitrogens with zero attached hydrogens (tertiary/aromatic N) is 2. The molecule has 1 N–H and O–H groups in total. The van der Waals surface area contributed by atoms with E-state index in [-0.39, 0.29) is 29.3 Å². The lowest BCUT2D eigenvalue weighted by Gasteiger charge is -2.10. The number of aliphatic hydroxyl groups excluding tert-OH is 1. The van der Waals surface area contributed by atoms with Crippen LogP contribution in [-0.4, -0.2) is 21.3 Å². The van der Waals surface area contributed by atoms with Gasteiger partial charge in [-0.1, -0.05) is 0 Å². The zero-order chi connectivity index (χ0) is 14.2. The van der Waals surface area contributed by atoms with Crippen LogP contribution in [0.25, 0.3) is 10.9 Å². The number of alkyl halides is 3. The summed E-state index contributed by atoms with van der Waals surface area (Å²) in [6.07, 6.45) is -4.51. The molecule has 1 heterocycles. The van der Waals surface area contributed by atoms with Gasteiger partial charge in [-0.05, 0) is 29.8 Å². The van der Waals surface area contributed by atoms with E-state index >= 15 is 0 Å². The van der Waals surface area contributed by atoms with E-state index < -0.39 is 17.3 Å². The summed E-state index contributed by atoms with van der Waals surface area (Å²) in [6.45, 7) is -0.394. The fourth-order valence-corrected chi connectivity index (χ4v) is 1.92. The summed E-state index contributed by atoms with van der Waals surface area (Å²) in [6, 6.07) is 2.63. The lowest BCUT2D eigenvalue weighted by molar-refractivity contribution is -0.137. The van der Waals surface area contributed by atoms with Crippen molar-refractivity contribution in [3.05, 3.63) is 39.4 Å². The maximum atomic E-state index is 12.5. The zero-order valence-electron chi connectivity index (χ0n) is 9.41. The van der Waals surface area contributed by atoms with Crippen LogP contribution in [0.2, 0.25) is 5.28 Å². The Balaban J connectivity index is 2.71. The summed E-state index contributed by atoms with van der Waals surface area (Å²) in [5.74, 6) is 0. The molecule has 19 heavy (non-hydrogen) atoms. The number of rotatable bonds is 2. The molecule has 0 fully saturated rings. The molecule has 2 rings (SSSR count). The quantitative estimate of drug-likeness (QED) is 0.862. The molecule has 0 radical (unpaired) electrons. The van der Waals surface area contributed by atoms with Crippen LogP contribution in [-0.2, 0) is 12.7 Å². The normalized spacial score (nSPS) is 12.1. The lowest BCUT2D eigenvalue weighted by Crippen LogP contribution is -2.24. The van der Waals surface area contributed by atoms with Crippen molar-refractivity contribution in [2.75, 3.05) is 6.61 Å². The van der Waals surface area contributed by atoms with Gasteiger partial charge in [0, 0.05) is 0 Å². The second-order valence-corrected chi connectivity index (χ2v) is 4.13. The Morgan fingerprint density at radius 2 is 2.05 bits per heavy atom. The van der Waals surface area contributed by atoms with Gasteiger partial charge in [0.25, 0.3) is 5.56 Å². The van der Waals surface area contributed by atoms with Crippen LogP contribution >= 0.6 is 11.6 Å². The Hall–Kier alpha value is -1.60. The molecule has 0 atom stereocenters. The monoisotopic (exact) mass is 292 g/mol. The molecule has 0 unspecified atom stereocenters. The van der Waals surface area contributed by atoms with Crippen LogP contribution in [0.5, 0.6) is 0 Å². The first-order valence-corrected chi connectivity index (χ1v) is 5.60. The van der Waals surface area contributed by atoms with Gasteiger partial charge in [0.05, 0.1) is 29.6 Å². The van der Waals surface area contributed by atoms with Crippen molar-refractivity contribution in [1.82, 2.24) is 9.55 Å². The molecule has 1 aromatic heterocycles. The van der Waals surface area contributed by atoms with Crippen molar-refractivity contribution in [3.63, 3.8) is 0 Å². The van der Waals surface area contributed by atoms with Crippen LogP contribution in [0.4, 0.5) is 13.2 Å². The molecule has 0 aliphatic heterocycles. The molecule has 8 heteroatoms. The van der Waals surface area contributed by atoms with Crippen molar-refractivity contribution in [3.8, 4) is 0 Å². The van der Waals surface area contributed by atoms with Crippen molar-refractivity contribution in [1.29, 1.82) is 0 Å². The third-order valence-corrected chi connectivity index (χ3v) is 2.85. The predicted molar refractivity (Wildman–Crippen MR) is 63.1 cm³/mol. The van der Waals surface area contributed by atoms with Crippen molar-refractivity contribution < 1.29 is 18.3 Å². The van der Waals surface area contributed by atoms with Gasteiger partial charge in [-0.25, -0.2) is 4.98 Å². The number of hydrogen-bond donors (Lipinski definition) is 1. The standard InChI is InChI=1S/C11H8ClF3N2O2/c12-10-16-8-5-6(11(13,14)15)1-2-7(8)9(19)17(10)3-4-18/h1-2,5,18H,3-4H2. The van der Waals surface area contributed by atoms with Crippen LogP contribution in [0.15, 0.2) is 23.0 Å². The fourth-order valence-electron chi connectivity index (χ4n) is 1.66. The Morgan fingerprint density at radius 1 is 1.37 bits per heavy atom. The van der Waals surface area contributed by atoms with Crippen molar-refractivity contribution >= 4 is 22.5 Å². The summed E-state index contributed by atoms with van der Waals surface area (Å²) in [4.78, 5) is 15.7. The second-order valence-electron chi connectivity index (χ2n) is 3.79. The molecule has 0 aliphatic carbocycles. The Labute approximate surface area is 110 Å². The summed E-state index contributed by atoms with van der Waals surface area (Å²) >= 11 is 5.71. The highest BCUT2D eigenvalue weighted by Crippen LogP contribution is 2.30. The molecule has 2 aromatic rings. The highest BCUT2D eigenvalue weighted by molar-refractivity contribution is 6.28. The topological polar surface area (TPSA) is 55.1 Å². The minimum Gasteiger partial charge on any atom is -0.395 e. The lowest BCUT2D eigenvalue weighted by atomic mass is 10.1. The summed E-state index contributed by atoms with van der Waals surface area (Å²) < 4.78 is 38.6. The number of hydrogen-bond acceptors (Lipinski definition) is 3. The van der Waals surface area contributed by atoms with E-state index in [9.17, 15) is 18.0 Å². The average molecular weight is 293 g/mol. The maximum Gasteiger partial charge on any atom is 0.416 e.